The first-order valence-electron chi connectivity index (χ1n) is 8.05. The van der Waals surface area contributed by atoms with Gasteiger partial charge in [-0.3, -0.25) is 9.69 Å². The van der Waals surface area contributed by atoms with Crippen LogP contribution >= 0.6 is 0 Å². The molecule has 0 aromatic rings. The van der Waals surface area contributed by atoms with Crippen LogP contribution in [0.4, 0.5) is 0 Å². The fraction of sp³-hybridized carbons (Fsp3) is 0.938. The van der Waals surface area contributed by atoms with Gasteiger partial charge in [0, 0.05) is 31.0 Å². The zero-order chi connectivity index (χ0) is 13.8. The molecular formula is C16H30N2O. The Labute approximate surface area is 118 Å². The molecule has 0 radical (unpaired) electrons. The highest BCUT2D eigenvalue weighted by molar-refractivity contribution is 5.80. The van der Waals surface area contributed by atoms with E-state index in [9.17, 15) is 4.79 Å². The van der Waals surface area contributed by atoms with Crippen molar-refractivity contribution >= 4 is 5.78 Å². The zero-order valence-electron chi connectivity index (χ0n) is 12.9. The fourth-order valence-corrected chi connectivity index (χ4v) is 3.55. The molecule has 3 heteroatoms. The maximum Gasteiger partial charge on any atom is 0.136 e. The molecule has 2 unspecified atom stereocenters. The van der Waals surface area contributed by atoms with Gasteiger partial charge in [-0.2, -0.15) is 0 Å². The second kappa shape index (κ2) is 6.85. The molecule has 2 rings (SSSR count). The molecule has 19 heavy (non-hydrogen) atoms. The molecule has 2 heterocycles. The van der Waals surface area contributed by atoms with Crippen molar-refractivity contribution in [2.75, 3.05) is 20.1 Å². The molecule has 2 fully saturated rings. The van der Waals surface area contributed by atoms with Gasteiger partial charge in [-0.15, -0.1) is 0 Å². The van der Waals surface area contributed by atoms with Crippen LogP contribution in [0.5, 0.6) is 0 Å². The first kappa shape index (κ1) is 15.0. The quantitative estimate of drug-likeness (QED) is 0.691. The van der Waals surface area contributed by atoms with Gasteiger partial charge in [0.1, 0.15) is 5.78 Å². The van der Waals surface area contributed by atoms with Crippen molar-refractivity contribution in [3.8, 4) is 0 Å². The Hall–Kier alpha value is -0.410. The average Bonchev–Trinajstić information content (AvgIpc) is 2.34. The second-order valence-corrected chi connectivity index (χ2v) is 6.70. The van der Waals surface area contributed by atoms with Gasteiger partial charge < -0.3 is 4.90 Å². The smallest absolute Gasteiger partial charge is 0.136 e. The Bertz CT molecular complexity index is 287. The molecule has 0 amide bonds. The van der Waals surface area contributed by atoms with E-state index in [-0.39, 0.29) is 0 Å². The number of ketones is 1. The number of carbonyl (C=O) groups is 1. The average molecular weight is 266 g/mol. The van der Waals surface area contributed by atoms with E-state index in [1.165, 1.54) is 45.2 Å². The molecule has 3 nitrogen and oxygen atoms in total. The van der Waals surface area contributed by atoms with Crippen LogP contribution in [-0.4, -0.2) is 53.8 Å². The third-order valence-electron chi connectivity index (χ3n) is 5.00. The predicted molar refractivity (Wildman–Crippen MR) is 79.4 cm³/mol. The van der Waals surface area contributed by atoms with E-state index in [2.05, 4.69) is 30.7 Å². The van der Waals surface area contributed by atoms with E-state index < -0.39 is 0 Å². The summed E-state index contributed by atoms with van der Waals surface area (Å²) in [5, 5.41) is 0. The van der Waals surface area contributed by atoms with Crippen molar-refractivity contribution in [2.45, 2.75) is 76.9 Å². The minimum Gasteiger partial charge on any atom is -0.304 e. The number of hydrogen-bond acceptors (Lipinski definition) is 3. The summed E-state index contributed by atoms with van der Waals surface area (Å²) in [4.78, 5) is 16.8. The van der Waals surface area contributed by atoms with Crippen molar-refractivity contribution < 1.29 is 4.79 Å². The fourth-order valence-electron chi connectivity index (χ4n) is 3.55. The number of unbranched alkanes of at least 4 members (excludes halogenated alkanes) is 1. The van der Waals surface area contributed by atoms with E-state index in [4.69, 9.17) is 0 Å². The molecule has 2 aliphatic rings. The van der Waals surface area contributed by atoms with Crippen LogP contribution in [-0.2, 0) is 4.79 Å². The largest absolute Gasteiger partial charge is 0.304 e. The van der Waals surface area contributed by atoms with Crippen LogP contribution in [0, 0.1) is 0 Å². The van der Waals surface area contributed by atoms with Gasteiger partial charge >= 0.3 is 0 Å². The summed E-state index contributed by atoms with van der Waals surface area (Å²) in [6, 6.07) is 1.79. The van der Waals surface area contributed by atoms with Gasteiger partial charge in [-0.05, 0) is 59.7 Å². The van der Waals surface area contributed by atoms with Gasteiger partial charge in [0.05, 0.1) is 0 Å². The standard InChI is InChI=1S/C16H30N2O/c1-13(2)17(3)9-4-5-10-18-14-7-6-8-15(18)12-16(19)11-14/h13-15H,4-12H2,1-3H3. The molecule has 2 bridgehead atoms. The topological polar surface area (TPSA) is 23.6 Å². The van der Waals surface area contributed by atoms with Crippen LogP contribution in [0.3, 0.4) is 0 Å². The lowest BCUT2D eigenvalue weighted by Gasteiger charge is -2.45. The maximum atomic E-state index is 11.7. The Morgan fingerprint density at radius 1 is 1.21 bits per heavy atom. The van der Waals surface area contributed by atoms with Gasteiger partial charge in [0.2, 0.25) is 0 Å². The van der Waals surface area contributed by atoms with E-state index in [0.717, 1.165) is 12.8 Å². The van der Waals surface area contributed by atoms with Crippen molar-refractivity contribution in [1.29, 1.82) is 0 Å². The molecule has 110 valence electrons. The van der Waals surface area contributed by atoms with Crippen LogP contribution in [0.2, 0.25) is 0 Å². The summed E-state index contributed by atoms with van der Waals surface area (Å²) in [7, 11) is 2.21. The highest BCUT2D eigenvalue weighted by Crippen LogP contribution is 2.32. The highest BCUT2D eigenvalue weighted by Gasteiger charge is 2.36. The lowest BCUT2D eigenvalue weighted by molar-refractivity contribution is -0.127. The number of hydrogen-bond donors (Lipinski definition) is 0. The summed E-state index contributed by atoms with van der Waals surface area (Å²) >= 11 is 0. The van der Waals surface area contributed by atoms with Crippen molar-refractivity contribution in [3.63, 3.8) is 0 Å². The number of Topliss-reactive ketones (excluding diaryl/α,β-unsaturated/α-hetero) is 1. The zero-order valence-corrected chi connectivity index (χ0v) is 12.9. The molecule has 2 atom stereocenters. The summed E-state index contributed by atoms with van der Waals surface area (Å²) in [5.41, 5.74) is 0. The van der Waals surface area contributed by atoms with Crippen LogP contribution in [0.25, 0.3) is 0 Å². The van der Waals surface area contributed by atoms with E-state index in [0.29, 0.717) is 23.9 Å². The lowest BCUT2D eigenvalue weighted by atomic mass is 9.83. The van der Waals surface area contributed by atoms with Gasteiger partial charge in [-0.1, -0.05) is 6.42 Å². The van der Waals surface area contributed by atoms with E-state index in [1.807, 2.05) is 0 Å². The van der Waals surface area contributed by atoms with Crippen molar-refractivity contribution in [1.82, 2.24) is 9.80 Å². The SMILES string of the molecule is CC(C)N(C)CCCCN1C2CCCC1CC(=O)C2. The number of fused-ring (bicyclic) bond motifs is 2. The summed E-state index contributed by atoms with van der Waals surface area (Å²) < 4.78 is 0. The molecule has 0 spiro atoms. The van der Waals surface area contributed by atoms with Crippen LogP contribution in [0.15, 0.2) is 0 Å². The number of piperidine rings is 2. The third kappa shape index (κ3) is 4.03. The minimum absolute atomic E-state index is 0.505. The Morgan fingerprint density at radius 3 is 2.42 bits per heavy atom. The Morgan fingerprint density at radius 2 is 1.84 bits per heavy atom. The molecule has 0 aromatic heterocycles. The molecule has 0 aliphatic carbocycles. The molecule has 0 N–H and O–H groups in total. The predicted octanol–water partition coefficient (Wildman–Crippen LogP) is 2.69. The summed E-state index contributed by atoms with van der Waals surface area (Å²) in [6.45, 7) is 6.90. The lowest BCUT2D eigenvalue weighted by Crippen LogP contribution is -2.52. The second-order valence-electron chi connectivity index (χ2n) is 6.70. The van der Waals surface area contributed by atoms with Gasteiger partial charge in [0.15, 0.2) is 0 Å². The highest BCUT2D eigenvalue weighted by atomic mass is 16.1. The molecule has 0 saturated carbocycles. The molecule has 2 aliphatic heterocycles. The monoisotopic (exact) mass is 266 g/mol. The van der Waals surface area contributed by atoms with Crippen LogP contribution < -0.4 is 0 Å². The first-order valence-corrected chi connectivity index (χ1v) is 8.05. The Kier molecular flexibility index (Phi) is 5.40. The number of nitrogens with zero attached hydrogens (tertiary/aromatic N) is 2. The number of rotatable bonds is 6. The molecular weight excluding hydrogens is 236 g/mol. The minimum atomic E-state index is 0.505. The van der Waals surface area contributed by atoms with Crippen molar-refractivity contribution in [3.05, 3.63) is 0 Å². The van der Waals surface area contributed by atoms with E-state index in [1.54, 1.807) is 0 Å². The Balaban J connectivity index is 1.72. The molecule has 0 aromatic carbocycles. The summed E-state index contributed by atoms with van der Waals surface area (Å²) in [6.07, 6.45) is 8.01. The third-order valence-corrected chi connectivity index (χ3v) is 5.00. The molecule has 2 saturated heterocycles. The normalized spacial score (nSPS) is 28.4. The van der Waals surface area contributed by atoms with Gasteiger partial charge in [0.25, 0.3) is 0 Å². The van der Waals surface area contributed by atoms with E-state index >= 15 is 0 Å². The van der Waals surface area contributed by atoms with Crippen molar-refractivity contribution in [2.24, 2.45) is 0 Å². The summed E-state index contributed by atoms with van der Waals surface area (Å²) in [5.74, 6) is 0.505. The number of carbonyl (C=O) groups excluding carboxylic acids is 1. The first-order chi connectivity index (χ1) is 9.08. The maximum absolute atomic E-state index is 11.7. The van der Waals surface area contributed by atoms with Crippen LogP contribution in [0.1, 0.15) is 58.8 Å². The van der Waals surface area contributed by atoms with Gasteiger partial charge in [-0.25, -0.2) is 0 Å².